The van der Waals surface area contributed by atoms with E-state index in [4.69, 9.17) is 4.11 Å². The predicted octanol–water partition coefficient (Wildman–Crippen LogP) is 9.59. The van der Waals surface area contributed by atoms with Crippen molar-refractivity contribution in [2.24, 2.45) is 0 Å². The molecule has 0 fully saturated rings. The number of nitrogens with zero attached hydrogens (tertiary/aromatic N) is 2. The van der Waals surface area contributed by atoms with Gasteiger partial charge in [0.15, 0.2) is 8.07 Å². The summed E-state index contributed by atoms with van der Waals surface area (Å²) in [6.45, 7) is 2.21. The van der Waals surface area contributed by atoms with Gasteiger partial charge in [0.1, 0.15) is 0 Å². The molecule has 4 aliphatic heterocycles. The number of benzene rings is 9. The van der Waals surface area contributed by atoms with E-state index in [9.17, 15) is 1.37 Å². The van der Waals surface area contributed by atoms with Gasteiger partial charge in [-0.25, -0.2) is 0 Å². The third-order valence-electron chi connectivity index (χ3n) is 14.6. The lowest BCUT2D eigenvalue weighted by Crippen LogP contribution is -2.79. The molecule has 0 radical (unpaired) electrons. The molecular weight excluding hydrogens is 776 g/mol. The van der Waals surface area contributed by atoms with Crippen LogP contribution in [-0.4, -0.2) is 14.8 Å². The summed E-state index contributed by atoms with van der Waals surface area (Å²) in [6, 6.07) is 74.6. The normalized spacial score (nSPS) is 16.8. The Balaban J connectivity index is 1.21. The molecule has 1 atom stereocenters. The highest BCUT2D eigenvalue weighted by atomic mass is 28.3. The lowest BCUT2D eigenvalue weighted by molar-refractivity contribution is 0.632. The van der Waals surface area contributed by atoms with Crippen LogP contribution in [0.25, 0.3) is 0 Å². The van der Waals surface area contributed by atoms with E-state index in [-0.39, 0.29) is 12.1 Å². The molecule has 4 heteroatoms. The topological polar surface area (TPSA) is 6.48 Å². The quantitative estimate of drug-likeness (QED) is 0.126. The zero-order valence-electron chi connectivity index (χ0n) is 39.2. The Morgan fingerprint density at radius 3 is 1.83 bits per heavy atom. The molecular formula is C59H45BN2Si. The molecule has 9 aromatic rings. The molecule has 0 aromatic heterocycles. The second-order valence-corrected chi connectivity index (χ2v) is 21.8. The van der Waals surface area contributed by atoms with Gasteiger partial charge in [-0.3, -0.25) is 0 Å². The summed E-state index contributed by atoms with van der Waals surface area (Å²) in [7, 11) is -2.99. The van der Waals surface area contributed by atoms with Gasteiger partial charge in [-0.1, -0.05) is 202 Å². The lowest BCUT2D eigenvalue weighted by atomic mass is 9.33. The molecule has 9 aromatic carbocycles. The molecule has 13 rings (SSSR count). The minimum Gasteiger partial charge on any atom is -0.312 e. The minimum absolute atomic E-state index is 0.113. The van der Waals surface area contributed by atoms with Crippen molar-refractivity contribution < 1.29 is 5.48 Å². The van der Waals surface area contributed by atoms with E-state index in [0.717, 1.165) is 33.9 Å². The van der Waals surface area contributed by atoms with Crippen LogP contribution in [0.1, 0.15) is 58.6 Å². The fraction of sp³-hybridized carbons (Fsp3) is 0.0847. The van der Waals surface area contributed by atoms with E-state index in [0.29, 0.717) is 17.2 Å². The number of aryl methyl sites for hydroxylation is 1. The zero-order chi connectivity index (χ0) is 45.4. The van der Waals surface area contributed by atoms with Gasteiger partial charge in [-0.15, -0.1) is 0 Å². The van der Waals surface area contributed by atoms with Crippen LogP contribution in [0.2, 0.25) is 0 Å². The van der Waals surface area contributed by atoms with Crippen LogP contribution in [0.4, 0.5) is 34.1 Å². The Morgan fingerprint density at radius 2 is 1.08 bits per heavy atom. The highest BCUT2D eigenvalue weighted by Crippen LogP contribution is 2.55. The molecule has 0 N–H and O–H groups in total. The van der Waals surface area contributed by atoms with Crippen molar-refractivity contribution in [3.8, 4) is 0 Å². The number of hydrogen-bond donors (Lipinski definition) is 0. The summed E-state index contributed by atoms with van der Waals surface area (Å²) >= 11 is 0. The standard InChI is InChI=1S/C59H45BN2Si/c1-39-21-13-14-28-44(39)55(40-22-7-4-8-23-40)41-37-51-56-52(38-41)62-50-34-17-18-35-53(50)63(42-24-9-5-10-25-42,43-26-11-6-12-27-43)54-36-20-32-48(58(54)62)60(56)47-31-19-30-46-57(47)61(51)49-33-16-15-29-45(49)59(46,2)3/h4-38,55H,1-3H3/i1D3,22D. The first kappa shape index (κ1) is 32.6. The average Bonchev–Trinajstić information content (AvgIpc) is 3.35. The SMILES string of the molecule is [2H]c1ccccc1C(c1cc2c3c(c1)N1c4ccccc4[Si](c4ccccc4)(c4ccccc4)c4cccc(c41)B3c1cccc3c1N2c1ccccc1C3(C)C)c1ccccc1C([2H])([2H])[2H]. The minimum atomic E-state index is -2.99. The van der Waals surface area contributed by atoms with Crippen molar-refractivity contribution in [1.82, 2.24) is 0 Å². The molecule has 2 nitrogen and oxygen atoms in total. The third kappa shape index (κ3) is 4.85. The molecule has 0 saturated heterocycles. The summed E-state index contributed by atoms with van der Waals surface area (Å²) < 4.78 is 36.0. The third-order valence-corrected chi connectivity index (χ3v) is 19.5. The monoisotopic (exact) mass is 824 g/mol. The van der Waals surface area contributed by atoms with Crippen molar-refractivity contribution in [1.29, 1.82) is 0 Å². The second-order valence-electron chi connectivity index (χ2n) is 18.0. The van der Waals surface area contributed by atoms with Crippen molar-refractivity contribution in [3.05, 3.63) is 246 Å². The zero-order valence-corrected chi connectivity index (χ0v) is 36.2. The maximum Gasteiger partial charge on any atom is 0.252 e. The van der Waals surface area contributed by atoms with E-state index < -0.39 is 20.8 Å². The van der Waals surface area contributed by atoms with Crippen molar-refractivity contribution in [3.63, 3.8) is 0 Å². The first-order chi connectivity index (χ1) is 32.6. The van der Waals surface area contributed by atoms with Crippen molar-refractivity contribution in [2.75, 3.05) is 9.80 Å². The molecule has 298 valence electrons. The molecule has 0 saturated carbocycles. The smallest absolute Gasteiger partial charge is 0.252 e. The van der Waals surface area contributed by atoms with Crippen LogP contribution >= 0.6 is 0 Å². The Morgan fingerprint density at radius 1 is 0.508 bits per heavy atom. The Bertz CT molecular complexity index is 3460. The van der Waals surface area contributed by atoms with Crippen LogP contribution < -0.4 is 46.9 Å². The maximum atomic E-state index is 9.46. The summed E-state index contributed by atoms with van der Waals surface area (Å²) in [4.78, 5) is 5.07. The number of para-hydroxylation sites is 4. The molecule has 0 bridgehead atoms. The van der Waals surface area contributed by atoms with Crippen LogP contribution in [0, 0.1) is 6.85 Å². The van der Waals surface area contributed by atoms with Crippen molar-refractivity contribution >= 4 is 86.0 Å². The Labute approximate surface area is 377 Å². The highest BCUT2D eigenvalue weighted by Gasteiger charge is 2.54. The first-order valence-corrected chi connectivity index (χ1v) is 24.1. The maximum absolute atomic E-state index is 9.46. The molecule has 4 heterocycles. The van der Waals surface area contributed by atoms with Crippen LogP contribution in [0.5, 0.6) is 0 Å². The lowest BCUT2D eigenvalue weighted by Gasteiger charge is -2.52. The van der Waals surface area contributed by atoms with Crippen LogP contribution in [-0.2, 0) is 5.41 Å². The van der Waals surface area contributed by atoms with Gasteiger partial charge in [0.05, 0.1) is 7.06 Å². The fourth-order valence-corrected chi connectivity index (χ4v) is 17.2. The summed E-state index contributed by atoms with van der Waals surface area (Å²) in [5.74, 6) is -0.572. The Hall–Kier alpha value is -7.14. The van der Waals surface area contributed by atoms with Gasteiger partial charge in [0.2, 0.25) is 0 Å². The summed E-state index contributed by atoms with van der Waals surface area (Å²) in [6.07, 6.45) is 0. The van der Waals surface area contributed by atoms with Crippen LogP contribution in [0.15, 0.2) is 212 Å². The van der Waals surface area contributed by atoms with Crippen LogP contribution in [0.3, 0.4) is 0 Å². The predicted molar refractivity (Wildman–Crippen MR) is 268 cm³/mol. The number of fused-ring (bicyclic) bond motifs is 8. The molecule has 0 aliphatic carbocycles. The highest BCUT2D eigenvalue weighted by molar-refractivity contribution is 7.22. The van der Waals surface area contributed by atoms with Gasteiger partial charge in [0.25, 0.3) is 6.71 Å². The van der Waals surface area contributed by atoms with E-state index in [2.05, 4.69) is 181 Å². The van der Waals surface area contributed by atoms with Gasteiger partial charge in [-0.2, -0.15) is 0 Å². The first-order valence-electron chi connectivity index (χ1n) is 24.1. The Kier molecular flexibility index (Phi) is 6.94. The van der Waals surface area contributed by atoms with Gasteiger partial charge in [-0.05, 0) is 102 Å². The second kappa shape index (κ2) is 13.4. The molecule has 63 heavy (non-hydrogen) atoms. The summed E-state index contributed by atoms with van der Waals surface area (Å²) in [5.41, 5.74) is 15.6. The van der Waals surface area contributed by atoms with Crippen molar-refractivity contribution in [2.45, 2.75) is 32.0 Å². The van der Waals surface area contributed by atoms with E-state index in [1.165, 1.54) is 59.6 Å². The number of rotatable bonds is 5. The summed E-state index contributed by atoms with van der Waals surface area (Å²) in [5, 5.41) is 5.33. The van der Waals surface area contributed by atoms with Gasteiger partial charge in [0, 0.05) is 43.9 Å². The fourth-order valence-electron chi connectivity index (χ4n) is 12.1. The largest absolute Gasteiger partial charge is 0.312 e. The number of hydrogen-bond acceptors (Lipinski definition) is 2. The molecule has 0 amide bonds. The van der Waals surface area contributed by atoms with E-state index in [1.807, 2.05) is 42.5 Å². The molecule has 1 unspecified atom stereocenters. The van der Waals surface area contributed by atoms with Gasteiger partial charge < -0.3 is 9.80 Å². The molecule has 4 aliphatic rings. The number of anilines is 6. The average molecular weight is 825 g/mol. The van der Waals surface area contributed by atoms with E-state index in [1.54, 1.807) is 6.07 Å². The van der Waals surface area contributed by atoms with Gasteiger partial charge >= 0.3 is 0 Å². The van der Waals surface area contributed by atoms with E-state index >= 15 is 0 Å². The molecule has 0 spiro atoms.